The van der Waals surface area contributed by atoms with Gasteiger partial charge in [0.25, 0.3) is 0 Å². The van der Waals surface area contributed by atoms with Crippen LogP contribution >= 0.6 is 11.6 Å². The molecule has 1 saturated heterocycles. The maximum absolute atomic E-state index is 6.01. The third-order valence-corrected chi connectivity index (χ3v) is 3.78. The van der Waals surface area contributed by atoms with Gasteiger partial charge in [-0.1, -0.05) is 23.7 Å². The van der Waals surface area contributed by atoms with Crippen molar-refractivity contribution in [2.45, 2.75) is 13.0 Å². The highest BCUT2D eigenvalue weighted by atomic mass is 35.5. The van der Waals surface area contributed by atoms with Crippen molar-refractivity contribution in [1.29, 1.82) is 0 Å². The number of nitrogens with zero attached hydrogens (tertiary/aromatic N) is 3. The van der Waals surface area contributed by atoms with Crippen molar-refractivity contribution in [3.05, 3.63) is 34.9 Å². The fraction of sp³-hybridized carbons (Fsp3) is 0.533. The molecule has 1 heterocycles. The Kier molecular flexibility index (Phi) is 5.68. The summed E-state index contributed by atoms with van der Waals surface area (Å²) in [5.74, 6) is 0.922. The van der Waals surface area contributed by atoms with Crippen LogP contribution in [0.5, 0.6) is 0 Å². The minimum atomic E-state index is 0.775. The average Bonchev–Trinajstić information content (AvgIpc) is 2.36. The number of nitrogens with one attached hydrogen (secondary N) is 1. The molecule has 1 N–H and O–H groups in total. The van der Waals surface area contributed by atoms with E-state index >= 15 is 0 Å². The SMILES string of the molecule is CN=C(NCCN1CCC1)N(C)Cc1cccc(Cl)c1. The van der Waals surface area contributed by atoms with Crippen LogP contribution in [0.3, 0.4) is 0 Å². The quantitative estimate of drug-likeness (QED) is 0.666. The molecule has 4 nitrogen and oxygen atoms in total. The number of halogens is 1. The topological polar surface area (TPSA) is 30.9 Å². The maximum atomic E-state index is 6.01. The summed E-state index contributed by atoms with van der Waals surface area (Å²) in [4.78, 5) is 8.88. The second-order valence-electron chi connectivity index (χ2n) is 5.16. The summed E-state index contributed by atoms with van der Waals surface area (Å²) in [6, 6.07) is 7.94. The van der Waals surface area contributed by atoms with Gasteiger partial charge in [-0.05, 0) is 37.2 Å². The molecule has 1 aliphatic rings. The Morgan fingerprint density at radius 3 is 2.85 bits per heavy atom. The maximum Gasteiger partial charge on any atom is 0.193 e. The van der Waals surface area contributed by atoms with E-state index in [1.54, 1.807) is 0 Å². The predicted octanol–water partition coefficient (Wildman–Crippen LogP) is 2.05. The van der Waals surface area contributed by atoms with Gasteiger partial charge in [0, 0.05) is 38.8 Å². The Bertz CT molecular complexity index is 457. The monoisotopic (exact) mass is 294 g/mol. The van der Waals surface area contributed by atoms with Crippen molar-refractivity contribution in [3.8, 4) is 0 Å². The lowest BCUT2D eigenvalue weighted by Gasteiger charge is -2.31. The van der Waals surface area contributed by atoms with Crippen LogP contribution in [0.25, 0.3) is 0 Å². The zero-order valence-electron chi connectivity index (χ0n) is 12.3. The summed E-state index contributed by atoms with van der Waals surface area (Å²) >= 11 is 6.01. The zero-order chi connectivity index (χ0) is 14.4. The average molecular weight is 295 g/mol. The largest absolute Gasteiger partial charge is 0.355 e. The van der Waals surface area contributed by atoms with Crippen LogP contribution in [-0.2, 0) is 6.54 Å². The lowest BCUT2D eigenvalue weighted by Crippen LogP contribution is -2.45. The third-order valence-electron chi connectivity index (χ3n) is 3.54. The highest BCUT2D eigenvalue weighted by Crippen LogP contribution is 2.12. The molecule has 0 radical (unpaired) electrons. The molecule has 1 aromatic carbocycles. The summed E-state index contributed by atoms with van der Waals surface area (Å²) in [6.45, 7) is 5.29. The minimum Gasteiger partial charge on any atom is -0.355 e. The Morgan fingerprint density at radius 1 is 1.45 bits per heavy atom. The third kappa shape index (κ3) is 4.39. The minimum absolute atomic E-state index is 0.775. The van der Waals surface area contributed by atoms with Crippen molar-refractivity contribution in [1.82, 2.24) is 15.1 Å². The number of benzene rings is 1. The molecule has 20 heavy (non-hydrogen) atoms. The number of guanidine groups is 1. The van der Waals surface area contributed by atoms with Gasteiger partial charge in [0.15, 0.2) is 5.96 Å². The lowest BCUT2D eigenvalue weighted by molar-refractivity contribution is 0.184. The van der Waals surface area contributed by atoms with E-state index < -0.39 is 0 Å². The van der Waals surface area contributed by atoms with Gasteiger partial charge in [0.2, 0.25) is 0 Å². The zero-order valence-corrected chi connectivity index (χ0v) is 13.0. The van der Waals surface area contributed by atoms with Crippen LogP contribution in [0.1, 0.15) is 12.0 Å². The Balaban J connectivity index is 1.80. The first-order valence-electron chi connectivity index (χ1n) is 7.07. The van der Waals surface area contributed by atoms with Crippen molar-refractivity contribution in [2.75, 3.05) is 40.3 Å². The van der Waals surface area contributed by atoms with Crippen LogP contribution in [-0.4, -0.2) is 56.0 Å². The Labute approximate surface area is 126 Å². The summed E-state index contributed by atoms with van der Waals surface area (Å²) in [5.41, 5.74) is 1.19. The molecular weight excluding hydrogens is 272 g/mol. The normalized spacial score (nSPS) is 15.8. The number of hydrogen-bond donors (Lipinski definition) is 1. The van der Waals surface area contributed by atoms with Crippen LogP contribution in [0.2, 0.25) is 5.02 Å². The molecule has 110 valence electrons. The Hall–Kier alpha value is -1.26. The van der Waals surface area contributed by atoms with Gasteiger partial charge in [0.05, 0.1) is 0 Å². The number of rotatable bonds is 5. The predicted molar refractivity (Wildman–Crippen MR) is 85.3 cm³/mol. The highest BCUT2D eigenvalue weighted by Gasteiger charge is 2.13. The van der Waals surface area contributed by atoms with Gasteiger partial charge < -0.3 is 15.1 Å². The molecule has 0 amide bonds. The Morgan fingerprint density at radius 2 is 2.25 bits per heavy atom. The van der Waals surface area contributed by atoms with E-state index in [-0.39, 0.29) is 0 Å². The first-order chi connectivity index (χ1) is 9.69. The van der Waals surface area contributed by atoms with Gasteiger partial charge in [-0.15, -0.1) is 0 Å². The molecule has 0 saturated carbocycles. The van der Waals surface area contributed by atoms with Crippen molar-refractivity contribution >= 4 is 17.6 Å². The fourth-order valence-electron chi connectivity index (χ4n) is 2.30. The molecule has 2 rings (SSSR count). The molecule has 5 heteroatoms. The second-order valence-corrected chi connectivity index (χ2v) is 5.59. The number of hydrogen-bond acceptors (Lipinski definition) is 2. The van der Waals surface area contributed by atoms with Gasteiger partial charge >= 0.3 is 0 Å². The van der Waals surface area contributed by atoms with Crippen LogP contribution in [0.15, 0.2) is 29.3 Å². The molecular formula is C15H23ClN4. The smallest absolute Gasteiger partial charge is 0.193 e. The van der Waals surface area contributed by atoms with Crippen molar-refractivity contribution < 1.29 is 0 Å². The molecule has 1 aliphatic heterocycles. The molecule has 1 fully saturated rings. The van der Waals surface area contributed by atoms with E-state index in [0.29, 0.717) is 0 Å². The van der Waals surface area contributed by atoms with Gasteiger partial charge in [-0.2, -0.15) is 0 Å². The van der Waals surface area contributed by atoms with E-state index in [9.17, 15) is 0 Å². The second kappa shape index (κ2) is 7.50. The van der Waals surface area contributed by atoms with E-state index in [2.05, 4.69) is 26.2 Å². The van der Waals surface area contributed by atoms with Crippen molar-refractivity contribution in [2.24, 2.45) is 4.99 Å². The van der Waals surface area contributed by atoms with Gasteiger partial charge in [-0.25, -0.2) is 0 Å². The lowest BCUT2D eigenvalue weighted by atomic mass is 10.2. The molecule has 0 unspecified atom stereocenters. The molecule has 0 atom stereocenters. The van der Waals surface area contributed by atoms with E-state index in [0.717, 1.165) is 30.6 Å². The number of likely N-dealkylation sites (tertiary alicyclic amines) is 1. The van der Waals surface area contributed by atoms with E-state index in [4.69, 9.17) is 11.6 Å². The summed E-state index contributed by atoms with van der Waals surface area (Å²) in [5, 5.41) is 4.18. The van der Waals surface area contributed by atoms with Gasteiger partial charge in [0.1, 0.15) is 0 Å². The summed E-state index contributed by atoms with van der Waals surface area (Å²) < 4.78 is 0. The van der Waals surface area contributed by atoms with Crippen molar-refractivity contribution in [3.63, 3.8) is 0 Å². The number of aliphatic imine (C=N–C) groups is 1. The molecule has 0 aromatic heterocycles. The fourth-order valence-corrected chi connectivity index (χ4v) is 2.51. The van der Waals surface area contributed by atoms with E-state index in [1.165, 1.54) is 25.1 Å². The molecule has 0 spiro atoms. The first kappa shape index (κ1) is 15.1. The highest BCUT2D eigenvalue weighted by molar-refractivity contribution is 6.30. The summed E-state index contributed by atoms with van der Waals surface area (Å²) in [7, 11) is 3.86. The molecule has 0 aliphatic carbocycles. The molecule has 1 aromatic rings. The van der Waals surface area contributed by atoms with Crippen LogP contribution in [0.4, 0.5) is 0 Å². The standard InChI is InChI=1S/C15H23ClN4/c1-17-15(18-7-10-20-8-4-9-20)19(2)12-13-5-3-6-14(16)11-13/h3,5-6,11H,4,7-10,12H2,1-2H3,(H,17,18). The summed E-state index contributed by atoms with van der Waals surface area (Å²) in [6.07, 6.45) is 1.34. The van der Waals surface area contributed by atoms with Crippen LogP contribution < -0.4 is 5.32 Å². The van der Waals surface area contributed by atoms with E-state index in [1.807, 2.05) is 32.3 Å². The molecule has 0 bridgehead atoms. The van der Waals surface area contributed by atoms with Crippen LogP contribution in [0, 0.1) is 0 Å². The van der Waals surface area contributed by atoms with Gasteiger partial charge in [-0.3, -0.25) is 4.99 Å². The first-order valence-corrected chi connectivity index (χ1v) is 7.45.